The lowest BCUT2D eigenvalue weighted by Gasteiger charge is -2.24. The first-order chi connectivity index (χ1) is 13.8. The Morgan fingerprint density at radius 2 is 1.93 bits per heavy atom. The molecule has 2 rings (SSSR count). The second kappa shape index (κ2) is 10.6. The van der Waals surface area contributed by atoms with Crippen molar-refractivity contribution in [1.82, 2.24) is 0 Å². The van der Waals surface area contributed by atoms with Crippen LogP contribution in [-0.4, -0.2) is 30.2 Å². The first kappa shape index (κ1) is 23.2. The maximum absolute atomic E-state index is 11.8. The van der Waals surface area contributed by atoms with Gasteiger partial charge in [-0.1, -0.05) is 49.4 Å². The topological polar surface area (TPSA) is 63.6 Å². The number of aliphatic hydroxyl groups is 1. The van der Waals surface area contributed by atoms with E-state index < -0.39 is 5.60 Å². The Bertz CT molecular complexity index is 826. The van der Waals surface area contributed by atoms with Crippen molar-refractivity contribution in [2.24, 2.45) is 5.92 Å². The third-order valence-corrected chi connectivity index (χ3v) is 6.52. The number of aldehydes is 1. The van der Waals surface area contributed by atoms with Gasteiger partial charge in [0.05, 0.1) is 18.6 Å². The molecule has 0 aliphatic heterocycles. The van der Waals surface area contributed by atoms with Crippen LogP contribution in [0.4, 0.5) is 0 Å². The molecule has 0 aliphatic rings. The van der Waals surface area contributed by atoms with Gasteiger partial charge in [-0.25, -0.2) is 0 Å². The van der Waals surface area contributed by atoms with E-state index in [4.69, 9.17) is 4.74 Å². The molecule has 1 N–H and O–H groups in total. The number of thioether (sulfide) groups is 1. The molecule has 0 saturated carbocycles. The third-order valence-electron chi connectivity index (χ3n) is 4.92. The average Bonchev–Trinajstić information content (AvgIpc) is 2.72. The van der Waals surface area contributed by atoms with Crippen LogP contribution in [0.2, 0.25) is 0 Å². The number of benzene rings is 2. The molecule has 156 valence electrons. The first-order valence-electron chi connectivity index (χ1n) is 9.81. The number of carbonyl (C=O) groups is 2. The standard InChI is InChI=1S/C24H30O4S/c1-17(23(26)28-4)16-29-22(20-10-7-8-18(14-20)15-25)13-12-19-9-5-6-11-21(19)24(2,3)27/h5-11,14-15,17,22,27H,12-13,16H2,1-4H3. The van der Waals surface area contributed by atoms with Gasteiger partial charge in [0, 0.05) is 16.6 Å². The lowest BCUT2D eigenvalue weighted by atomic mass is 9.90. The Hall–Kier alpha value is -2.11. The minimum absolute atomic E-state index is 0.122. The van der Waals surface area contributed by atoms with E-state index in [-0.39, 0.29) is 17.1 Å². The SMILES string of the molecule is COC(=O)C(C)CSC(CCc1ccccc1C(C)(C)O)c1cccc(C=O)c1. The van der Waals surface area contributed by atoms with Gasteiger partial charge in [0.15, 0.2) is 0 Å². The molecule has 29 heavy (non-hydrogen) atoms. The highest BCUT2D eigenvalue weighted by molar-refractivity contribution is 7.99. The van der Waals surface area contributed by atoms with E-state index in [1.165, 1.54) is 7.11 Å². The minimum atomic E-state index is -0.907. The van der Waals surface area contributed by atoms with Gasteiger partial charge in [-0.2, -0.15) is 11.8 Å². The molecule has 0 bridgehead atoms. The summed E-state index contributed by atoms with van der Waals surface area (Å²) < 4.78 is 4.84. The van der Waals surface area contributed by atoms with Crippen molar-refractivity contribution in [3.8, 4) is 0 Å². The number of carbonyl (C=O) groups excluding carboxylic acids is 2. The number of esters is 1. The number of aryl methyl sites for hydroxylation is 1. The average molecular weight is 415 g/mol. The second-order valence-electron chi connectivity index (χ2n) is 7.79. The lowest BCUT2D eigenvalue weighted by molar-refractivity contribution is -0.144. The Kier molecular flexibility index (Phi) is 8.47. The summed E-state index contributed by atoms with van der Waals surface area (Å²) in [5.74, 6) is 0.214. The highest BCUT2D eigenvalue weighted by Crippen LogP contribution is 2.36. The van der Waals surface area contributed by atoms with Gasteiger partial charge >= 0.3 is 5.97 Å². The Morgan fingerprint density at radius 1 is 1.21 bits per heavy atom. The lowest BCUT2D eigenvalue weighted by Crippen LogP contribution is -2.18. The van der Waals surface area contributed by atoms with Crippen LogP contribution in [0.5, 0.6) is 0 Å². The van der Waals surface area contributed by atoms with Crippen LogP contribution < -0.4 is 0 Å². The number of methoxy groups -OCH3 is 1. The van der Waals surface area contributed by atoms with Crippen LogP contribution in [0.15, 0.2) is 48.5 Å². The molecule has 0 saturated heterocycles. The van der Waals surface area contributed by atoms with Gasteiger partial charge in [-0.3, -0.25) is 9.59 Å². The van der Waals surface area contributed by atoms with Crippen LogP contribution in [-0.2, 0) is 21.6 Å². The molecule has 0 fully saturated rings. The molecule has 2 aromatic rings. The van der Waals surface area contributed by atoms with Crippen molar-refractivity contribution >= 4 is 24.0 Å². The monoisotopic (exact) mass is 414 g/mol. The van der Waals surface area contributed by atoms with Crippen molar-refractivity contribution in [2.75, 3.05) is 12.9 Å². The largest absolute Gasteiger partial charge is 0.469 e. The number of rotatable bonds is 10. The molecule has 2 unspecified atom stereocenters. The summed E-state index contributed by atoms with van der Waals surface area (Å²) in [4.78, 5) is 23.0. The molecule has 2 aromatic carbocycles. The molecule has 0 spiro atoms. The number of hydrogen-bond acceptors (Lipinski definition) is 5. The third kappa shape index (κ3) is 6.72. The molecule has 0 aliphatic carbocycles. The van der Waals surface area contributed by atoms with E-state index in [0.29, 0.717) is 11.3 Å². The molecule has 0 radical (unpaired) electrons. The van der Waals surface area contributed by atoms with Crippen molar-refractivity contribution in [3.05, 3.63) is 70.8 Å². The normalized spacial score (nSPS) is 13.6. The van der Waals surface area contributed by atoms with Crippen molar-refractivity contribution < 1.29 is 19.4 Å². The molecule has 0 aromatic heterocycles. The van der Waals surface area contributed by atoms with Crippen LogP contribution in [0, 0.1) is 5.92 Å². The maximum Gasteiger partial charge on any atom is 0.309 e. The zero-order valence-electron chi connectivity index (χ0n) is 17.6. The zero-order valence-corrected chi connectivity index (χ0v) is 18.4. The predicted octanol–water partition coefficient (Wildman–Crippen LogP) is 4.94. The quantitative estimate of drug-likeness (QED) is 0.441. The van der Waals surface area contributed by atoms with E-state index in [0.717, 1.165) is 35.8 Å². The van der Waals surface area contributed by atoms with Crippen LogP contribution in [0.3, 0.4) is 0 Å². The fraction of sp³-hybridized carbons (Fsp3) is 0.417. The molecule has 2 atom stereocenters. The minimum Gasteiger partial charge on any atom is -0.469 e. The smallest absolute Gasteiger partial charge is 0.309 e. The summed E-state index contributed by atoms with van der Waals surface area (Å²) >= 11 is 1.70. The summed E-state index contributed by atoms with van der Waals surface area (Å²) in [7, 11) is 1.40. The van der Waals surface area contributed by atoms with Gasteiger partial charge in [0.1, 0.15) is 6.29 Å². The summed E-state index contributed by atoms with van der Waals surface area (Å²) in [6, 6.07) is 15.6. The fourth-order valence-corrected chi connectivity index (χ4v) is 4.61. The van der Waals surface area contributed by atoms with Crippen LogP contribution in [0.25, 0.3) is 0 Å². The van der Waals surface area contributed by atoms with Crippen LogP contribution >= 0.6 is 11.8 Å². The van der Waals surface area contributed by atoms with E-state index in [2.05, 4.69) is 0 Å². The molecule has 0 heterocycles. The summed E-state index contributed by atoms with van der Waals surface area (Å²) in [5.41, 5.74) is 2.84. The molecule has 5 heteroatoms. The fourth-order valence-electron chi connectivity index (χ4n) is 3.33. The summed E-state index contributed by atoms with van der Waals surface area (Å²) in [6.45, 7) is 5.45. The summed E-state index contributed by atoms with van der Waals surface area (Å²) in [5, 5.41) is 10.6. The zero-order chi connectivity index (χ0) is 21.4. The molecular formula is C24H30O4S. The van der Waals surface area contributed by atoms with Crippen molar-refractivity contribution in [3.63, 3.8) is 0 Å². The Morgan fingerprint density at radius 3 is 2.59 bits per heavy atom. The second-order valence-corrected chi connectivity index (χ2v) is 9.02. The molecule has 4 nitrogen and oxygen atoms in total. The Balaban J connectivity index is 2.22. The van der Waals surface area contributed by atoms with Crippen molar-refractivity contribution in [2.45, 2.75) is 44.5 Å². The Labute approximate surface area is 177 Å². The van der Waals surface area contributed by atoms with Gasteiger partial charge in [-0.15, -0.1) is 0 Å². The van der Waals surface area contributed by atoms with Gasteiger partial charge < -0.3 is 9.84 Å². The summed E-state index contributed by atoms with van der Waals surface area (Å²) in [6.07, 6.45) is 2.47. The molecule has 0 amide bonds. The van der Waals surface area contributed by atoms with E-state index >= 15 is 0 Å². The predicted molar refractivity (Wildman–Crippen MR) is 118 cm³/mol. The van der Waals surface area contributed by atoms with E-state index in [9.17, 15) is 14.7 Å². The highest BCUT2D eigenvalue weighted by Gasteiger charge is 2.22. The van der Waals surface area contributed by atoms with E-state index in [1.54, 1.807) is 31.7 Å². The maximum atomic E-state index is 11.8. The van der Waals surface area contributed by atoms with Crippen molar-refractivity contribution in [1.29, 1.82) is 0 Å². The molecular weight excluding hydrogens is 384 g/mol. The highest BCUT2D eigenvalue weighted by atomic mass is 32.2. The van der Waals surface area contributed by atoms with Gasteiger partial charge in [0.25, 0.3) is 0 Å². The first-order valence-corrected chi connectivity index (χ1v) is 10.9. The van der Waals surface area contributed by atoms with Gasteiger partial charge in [0.2, 0.25) is 0 Å². The van der Waals surface area contributed by atoms with Crippen LogP contribution in [0.1, 0.15) is 59.5 Å². The van der Waals surface area contributed by atoms with E-state index in [1.807, 2.05) is 49.4 Å². The number of hydrogen-bond donors (Lipinski definition) is 1. The van der Waals surface area contributed by atoms with Gasteiger partial charge in [-0.05, 0) is 49.4 Å². The number of ether oxygens (including phenoxy) is 1.